The molecule has 2 aromatic carbocycles. The van der Waals surface area contributed by atoms with Crippen molar-refractivity contribution in [1.29, 1.82) is 0 Å². The summed E-state index contributed by atoms with van der Waals surface area (Å²) < 4.78 is 5.22. The molecule has 0 aliphatic carbocycles. The van der Waals surface area contributed by atoms with Gasteiger partial charge in [0, 0.05) is 10.9 Å². The van der Waals surface area contributed by atoms with Gasteiger partial charge in [-0.05, 0) is 42.5 Å². The van der Waals surface area contributed by atoms with Crippen molar-refractivity contribution in [2.75, 3.05) is 0 Å². The van der Waals surface area contributed by atoms with Crippen molar-refractivity contribution in [1.82, 2.24) is 0 Å². The van der Waals surface area contributed by atoms with Gasteiger partial charge in [-0.2, -0.15) is 0 Å². The highest BCUT2D eigenvalue weighted by Crippen LogP contribution is 2.27. The predicted molar refractivity (Wildman–Crippen MR) is 104 cm³/mol. The molecule has 140 valence electrons. The molecule has 1 heterocycles. The fraction of sp³-hybridized carbons (Fsp3) is 0.273. The van der Waals surface area contributed by atoms with E-state index in [0.717, 1.165) is 11.1 Å². The van der Waals surface area contributed by atoms with E-state index in [0.29, 0.717) is 24.3 Å². The Bertz CT molecular complexity index is 856. The molecule has 0 amide bonds. The molecule has 4 nitrogen and oxygen atoms in total. The first-order valence-electron chi connectivity index (χ1n) is 8.92. The lowest BCUT2D eigenvalue weighted by Gasteiger charge is -2.12. The summed E-state index contributed by atoms with van der Waals surface area (Å²) in [5.74, 6) is -1.76. The molecule has 1 saturated heterocycles. The van der Waals surface area contributed by atoms with E-state index < -0.39 is 17.9 Å². The van der Waals surface area contributed by atoms with E-state index in [9.17, 15) is 14.7 Å². The second-order valence-corrected chi connectivity index (χ2v) is 7.21. The number of halogens is 1. The van der Waals surface area contributed by atoms with Crippen molar-refractivity contribution in [3.05, 3.63) is 82.1 Å². The van der Waals surface area contributed by atoms with Gasteiger partial charge in [0.2, 0.25) is 5.78 Å². The largest absolute Gasteiger partial charge is 0.511 e. The van der Waals surface area contributed by atoms with Crippen LogP contribution in [0.2, 0.25) is 5.02 Å². The Morgan fingerprint density at radius 3 is 2.41 bits per heavy atom. The number of carbonyl (C=O) groups is 2. The number of aliphatic hydroxyl groups is 1. The molecule has 1 fully saturated rings. The first-order valence-corrected chi connectivity index (χ1v) is 9.30. The molecule has 3 rings (SSSR count). The van der Waals surface area contributed by atoms with E-state index >= 15 is 0 Å². The number of esters is 1. The van der Waals surface area contributed by atoms with Crippen LogP contribution in [0, 0.1) is 5.92 Å². The summed E-state index contributed by atoms with van der Waals surface area (Å²) in [5, 5.41) is 11.1. The van der Waals surface area contributed by atoms with E-state index in [2.05, 4.69) is 0 Å². The van der Waals surface area contributed by atoms with Crippen LogP contribution in [0.25, 0.3) is 0 Å². The minimum Gasteiger partial charge on any atom is -0.511 e. The zero-order chi connectivity index (χ0) is 19.4. The molecule has 0 spiro atoms. The minimum atomic E-state index is -0.836. The number of hydrogen-bond acceptors (Lipinski definition) is 4. The zero-order valence-corrected chi connectivity index (χ0v) is 15.8. The van der Waals surface area contributed by atoms with Crippen LogP contribution >= 0.6 is 11.6 Å². The fourth-order valence-corrected chi connectivity index (χ4v) is 3.31. The third-order valence-corrected chi connectivity index (χ3v) is 4.96. The van der Waals surface area contributed by atoms with E-state index in [1.807, 2.05) is 42.5 Å². The first kappa shape index (κ1) is 19.2. The lowest BCUT2D eigenvalue weighted by Crippen LogP contribution is -2.18. The number of ketones is 1. The number of carbonyl (C=O) groups excluding carboxylic acids is 2. The number of benzene rings is 2. The summed E-state index contributed by atoms with van der Waals surface area (Å²) in [4.78, 5) is 24.8. The number of allylic oxidation sites excluding steroid dienone is 1. The van der Waals surface area contributed by atoms with Gasteiger partial charge in [-0.3, -0.25) is 4.79 Å². The molecule has 0 radical (unpaired) electrons. The third kappa shape index (κ3) is 4.58. The smallest absolute Gasteiger partial charge is 0.346 e. The van der Waals surface area contributed by atoms with Gasteiger partial charge in [-0.1, -0.05) is 61.0 Å². The molecule has 0 saturated carbocycles. The average molecular weight is 385 g/mol. The van der Waals surface area contributed by atoms with Crippen molar-refractivity contribution in [2.24, 2.45) is 5.92 Å². The van der Waals surface area contributed by atoms with Crippen molar-refractivity contribution >= 4 is 23.4 Å². The van der Waals surface area contributed by atoms with Gasteiger partial charge in [0.25, 0.3) is 0 Å². The molecule has 2 atom stereocenters. The molecule has 1 aliphatic rings. The Labute approximate surface area is 163 Å². The first-order chi connectivity index (χ1) is 13.0. The highest BCUT2D eigenvalue weighted by atomic mass is 35.5. The lowest BCUT2D eigenvalue weighted by atomic mass is 9.94. The van der Waals surface area contributed by atoms with Crippen molar-refractivity contribution in [2.45, 2.75) is 32.3 Å². The maximum Gasteiger partial charge on any atom is 0.346 e. The third-order valence-electron chi connectivity index (χ3n) is 4.71. The van der Waals surface area contributed by atoms with Gasteiger partial charge < -0.3 is 9.84 Å². The fourth-order valence-electron chi connectivity index (χ4n) is 3.18. The van der Waals surface area contributed by atoms with Gasteiger partial charge >= 0.3 is 5.97 Å². The van der Waals surface area contributed by atoms with Crippen LogP contribution in [0.1, 0.15) is 24.5 Å². The van der Waals surface area contributed by atoms with Crippen LogP contribution in [0.15, 0.2) is 65.9 Å². The number of rotatable bonds is 6. The van der Waals surface area contributed by atoms with E-state index in [-0.39, 0.29) is 17.3 Å². The average Bonchev–Trinajstić information content (AvgIpc) is 2.95. The molecular formula is C22H21ClO4. The van der Waals surface area contributed by atoms with Crippen LogP contribution in [-0.4, -0.2) is 23.0 Å². The lowest BCUT2D eigenvalue weighted by molar-refractivity contribution is -0.141. The number of hydrogen-bond donors (Lipinski definition) is 1. The van der Waals surface area contributed by atoms with E-state index in [1.54, 1.807) is 19.1 Å². The van der Waals surface area contributed by atoms with Gasteiger partial charge in [0.1, 0.15) is 11.3 Å². The van der Waals surface area contributed by atoms with Gasteiger partial charge in [-0.15, -0.1) is 0 Å². The molecule has 1 unspecified atom stereocenters. The van der Waals surface area contributed by atoms with Crippen LogP contribution in [0.3, 0.4) is 0 Å². The molecule has 0 aromatic heterocycles. The second-order valence-electron chi connectivity index (χ2n) is 6.77. The number of aliphatic hydroxyl groups excluding tert-OH is 1. The number of aryl methyl sites for hydroxylation is 1. The maximum atomic E-state index is 12.6. The molecule has 1 N–H and O–H groups in total. The Hall–Kier alpha value is -2.59. The summed E-state index contributed by atoms with van der Waals surface area (Å²) in [6.07, 6.45) is 0.676. The van der Waals surface area contributed by atoms with Gasteiger partial charge in [-0.25, -0.2) is 4.79 Å². The molecule has 5 heteroatoms. The molecule has 0 bridgehead atoms. The monoisotopic (exact) mass is 384 g/mol. The van der Waals surface area contributed by atoms with Crippen LogP contribution in [-0.2, 0) is 27.2 Å². The Morgan fingerprint density at radius 1 is 1.07 bits per heavy atom. The normalized spacial score (nSPS) is 19.7. The van der Waals surface area contributed by atoms with Crippen LogP contribution < -0.4 is 0 Å². The Balaban J connectivity index is 1.69. The van der Waals surface area contributed by atoms with Gasteiger partial charge in [0.05, 0.1) is 0 Å². The van der Waals surface area contributed by atoms with Crippen molar-refractivity contribution in [3.8, 4) is 0 Å². The summed E-state index contributed by atoms with van der Waals surface area (Å²) in [5.41, 5.74) is 1.81. The van der Waals surface area contributed by atoms with E-state index in [4.69, 9.17) is 16.3 Å². The van der Waals surface area contributed by atoms with Crippen molar-refractivity contribution < 1.29 is 19.4 Å². The predicted octanol–water partition coefficient (Wildman–Crippen LogP) is 4.46. The number of cyclic esters (lactones) is 1. The quantitative estimate of drug-likeness (QED) is 0.345. The summed E-state index contributed by atoms with van der Waals surface area (Å²) >= 11 is 5.88. The maximum absolute atomic E-state index is 12.6. The second kappa shape index (κ2) is 8.40. The highest BCUT2D eigenvalue weighted by Gasteiger charge is 2.41. The Morgan fingerprint density at radius 2 is 1.74 bits per heavy atom. The van der Waals surface area contributed by atoms with E-state index in [1.165, 1.54) is 0 Å². The topological polar surface area (TPSA) is 63.6 Å². The number of Topliss-reactive ketones (excluding diaryl/α,β-unsaturated/α-hetero) is 1. The van der Waals surface area contributed by atoms with Gasteiger partial charge in [0.15, 0.2) is 6.10 Å². The summed E-state index contributed by atoms with van der Waals surface area (Å²) in [6.45, 7) is 1.77. The molecule has 1 aliphatic heterocycles. The summed E-state index contributed by atoms with van der Waals surface area (Å²) in [7, 11) is 0. The minimum absolute atomic E-state index is 0.206. The summed E-state index contributed by atoms with van der Waals surface area (Å²) in [6, 6.07) is 16.9. The standard InChI is InChI=1S/C22H21ClO4/c1-14(13-16-7-10-17(23)11-8-16)20(24)19-21(25)18(27-22(19)26)12-9-15-5-3-2-4-6-15/h2-8,10-11,14,18,24H,9,12-13H2,1H3/t14-,18?/m0/s1. The molecule has 27 heavy (non-hydrogen) atoms. The Kier molecular flexibility index (Phi) is 5.97. The van der Waals surface area contributed by atoms with Crippen LogP contribution in [0.4, 0.5) is 0 Å². The SMILES string of the molecule is C[C@@H](Cc1ccc(Cl)cc1)C(O)=C1C(=O)OC(CCc2ccccc2)C1=O. The zero-order valence-electron chi connectivity index (χ0n) is 15.0. The number of ether oxygens (including phenoxy) is 1. The highest BCUT2D eigenvalue weighted by molar-refractivity contribution is 6.30. The van der Waals surface area contributed by atoms with Crippen LogP contribution in [0.5, 0.6) is 0 Å². The molecular weight excluding hydrogens is 364 g/mol. The van der Waals surface area contributed by atoms with Crippen molar-refractivity contribution in [3.63, 3.8) is 0 Å². The molecule has 2 aromatic rings.